The lowest BCUT2D eigenvalue weighted by Gasteiger charge is -2.53. The second kappa shape index (κ2) is 3.32. The summed E-state index contributed by atoms with van der Waals surface area (Å²) in [6.45, 7) is 11.0. The lowest BCUT2D eigenvalue weighted by Crippen LogP contribution is -2.56. The molecule has 2 saturated carbocycles. The van der Waals surface area contributed by atoms with Gasteiger partial charge in [0.2, 0.25) is 0 Å². The molecule has 4 atom stereocenters. The van der Waals surface area contributed by atoms with E-state index < -0.39 is 15.7 Å². The quantitative estimate of drug-likeness (QED) is 0.726. The van der Waals surface area contributed by atoms with Crippen molar-refractivity contribution < 1.29 is 12.6 Å². The molecule has 0 aromatic carbocycles. The molecule has 0 radical (unpaired) electrons. The molecule has 3 fully saturated rings. The van der Waals surface area contributed by atoms with Gasteiger partial charge in [-0.05, 0) is 37.5 Å². The van der Waals surface area contributed by atoms with Crippen LogP contribution in [0.15, 0.2) is 0 Å². The van der Waals surface area contributed by atoms with E-state index in [-0.39, 0.29) is 16.6 Å². The zero-order chi connectivity index (χ0) is 13.5. The van der Waals surface area contributed by atoms with Gasteiger partial charge in [0, 0.05) is 11.3 Å². The molecule has 0 spiro atoms. The summed E-state index contributed by atoms with van der Waals surface area (Å²) in [5.41, 5.74) is -0.459. The molecule has 2 aliphatic carbocycles. The fourth-order valence-electron chi connectivity index (χ4n) is 6.21. The van der Waals surface area contributed by atoms with Crippen molar-refractivity contribution in [3.63, 3.8) is 0 Å². The molecule has 1 aliphatic heterocycles. The summed E-state index contributed by atoms with van der Waals surface area (Å²) in [5.74, 6) is 1.63. The summed E-state index contributed by atoms with van der Waals surface area (Å²) in [5, 5.41) is -0.224. The van der Waals surface area contributed by atoms with Crippen molar-refractivity contribution in [3.05, 3.63) is 0 Å². The number of hydrogen-bond acceptors (Lipinski definition) is 3. The van der Waals surface area contributed by atoms with E-state index in [1.54, 1.807) is 0 Å². The molecule has 18 heavy (non-hydrogen) atoms. The largest absolute Gasteiger partial charge is 0.271 e. The maximum absolute atomic E-state index is 12.2. The third-order valence-electron chi connectivity index (χ3n) is 6.32. The molecule has 3 nitrogen and oxygen atoms in total. The fraction of sp³-hybridized carbons (Fsp3) is 1.00. The molecule has 0 N–H and O–H groups in total. The molecule has 0 aromatic rings. The van der Waals surface area contributed by atoms with E-state index in [2.05, 4.69) is 34.6 Å². The topological polar surface area (TPSA) is 43.4 Å². The van der Waals surface area contributed by atoms with Gasteiger partial charge in [-0.2, -0.15) is 8.42 Å². The van der Waals surface area contributed by atoms with Crippen molar-refractivity contribution >= 4 is 10.1 Å². The van der Waals surface area contributed by atoms with Crippen LogP contribution in [-0.2, 0) is 14.3 Å². The van der Waals surface area contributed by atoms with E-state index >= 15 is 0 Å². The summed E-state index contributed by atoms with van der Waals surface area (Å²) >= 11 is 0. The maximum atomic E-state index is 12.2. The van der Waals surface area contributed by atoms with Crippen LogP contribution in [0.5, 0.6) is 0 Å². The van der Waals surface area contributed by atoms with Gasteiger partial charge in [0.05, 0.1) is 10.9 Å². The van der Waals surface area contributed by atoms with Crippen LogP contribution in [-0.4, -0.2) is 19.3 Å². The molecular weight excluding hydrogens is 248 g/mol. The first-order valence-electron chi connectivity index (χ1n) is 7.12. The van der Waals surface area contributed by atoms with Crippen molar-refractivity contribution in [1.29, 1.82) is 0 Å². The minimum absolute atomic E-state index is 0.0116. The van der Waals surface area contributed by atoms with Gasteiger partial charge in [0.1, 0.15) is 0 Å². The molecule has 3 aliphatic rings. The highest BCUT2D eigenvalue weighted by atomic mass is 32.2. The van der Waals surface area contributed by atoms with E-state index in [4.69, 9.17) is 4.18 Å². The minimum atomic E-state index is -3.33. The van der Waals surface area contributed by atoms with Crippen LogP contribution in [0, 0.1) is 29.1 Å². The van der Waals surface area contributed by atoms with Crippen molar-refractivity contribution in [3.8, 4) is 0 Å². The van der Waals surface area contributed by atoms with Gasteiger partial charge < -0.3 is 0 Å². The Labute approximate surface area is 110 Å². The monoisotopic (exact) mass is 272 g/mol. The van der Waals surface area contributed by atoms with Crippen molar-refractivity contribution in [1.82, 2.24) is 0 Å². The molecule has 4 unspecified atom stereocenters. The number of rotatable bonds is 2. The van der Waals surface area contributed by atoms with E-state index in [1.165, 1.54) is 0 Å². The van der Waals surface area contributed by atoms with Gasteiger partial charge in [0.15, 0.2) is 0 Å². The minimum Gasteiger partial charge on any atom is -0.263 e. The lowest BCUT2D eigenvalue weighted by atomic mass is 9.53. The normalized spacial score (nSPS) is 47.4. The Bertz CT molecular complexity index is 471. The van der Waals surface area contributed by atoms with Gasteiger partial charge in [-0.3, -0.25) is 4.18 Å². The average Bonchev–Trinajstić information content (AvgIpc) is 2.73. The van der Waals surface area contributed by atoms with E-state index in [1.807, 2.05) is 0 Å². The summed E-state index contributed by atoms with van der Waals surface area (Å²) < 4.78 is 30.1. The second-order valence-corrected chi connectivity index (χ2v) is 9.00. The summed E-state index contributed by atoms with van der Waals surface area (Å²) in [6.07, 6.45) is 1.86. The Kier molecular flexibility index (Phi) is 2.38. The Hall–Kier alpha value is -0.0900. The van der Waals surface area contributed by atoms with Crippen molar-refractivity contribution in [2.24, 2.45) is 29.1 Å². The van der Waals surface area contributed by atoms with Gasteiger partial charge in [-0.25, -0.2) is 0 Å². The third-order valence-corrected chi connectivity index (χ3v) is 8.16. The predicted molar refractivity (Wildman–Crippen MR) is 70.5 cm³/mol. The SMILES string of the molecule is CC(C)C1(C(C)C)C2CC3C(C2)S(=O)(=O)OC31C. The Morgan fingerprint density at radius 3 is 2.17 bits per heavy atom. The first-order valence-corrected chi connectivity index (χ1v) is 8.59. The van der Waals surface area contributed by atoms with E-state index in [0.717, 1.165) is 12.8 Å². The fourth-order valence-corrected chi connectivity index (χ4v) is 8.32. The molecule has 3 rings (SSSR count). The van der Waals surface area contributed by atoms with Crippen molar-refractivity contribution in [2.75, 3.05) is 0 Å². The Balaban J connectivity index is 2.21. The zero-order valence-electron chi connectivity index (χ0n) is 11.9. The average molecular weight is 272 g/mol. The molecule has 0 amide bonds. The Morgan fingerprint density at radius 1 is 1.11 bits per heavy atom. The van der Waals surface area contributed by atoms with E-state index in [0.29, 0.717) is 17.8 Å². The van der Waals surface area contributed by atoms with Crippen LogP contribution in [0.4, 0.5) is 0 Å². The molecule has 1 saturated heterocycles. The zero-order valence-corrected chi connectivity index (χ0v) is 12.8. The first kappa shape index (κ1) is 12.9. The van der Waals surface area contributed by atoms with Gasteiger partial charge in [-0.1, -0.05) is 27.7 Å². The third kappa shape index (κ3) is 1.09. The molecule has 4 heteroatoms. The molecule has 104 valence electrons. The molecule has 1 heterocycles. The van der Waals surface area contributed by atoms with Crippen LogP contribution in [0.25, 0.3) is 0 Å². The smallest absolute Gasteiger partial charge is 0.263 e. The van der Waals surface area contributed by atoms with Crippen LogP contribution < -0.4 is 0 Å². The maximum Gasteiger partial charge on any atom is 0.271 e. The highest BCUT2D eigenvalue weighted by Crippen LogP contribution is 2.73. The van der Waals surface area contributed by atoms with Crippen LogP contribution in [0.3, 0.4) is 0 Å². The highest BCUT2D eigenvalue weighted by Gasteiger charge is 2.77. The molecule has 0 aromatic heterocycles. The summed E-state index contributed by atoms with van der Waals surface area (Å²) in [7, 11) is -3.33. The van der Waals surface area contributed by atoms with Gasteiger partial charge in [-0.15, -0.1) is 0 Å². The van der Waals surface area contributed by atoms with Gasteiger partial charge >= 0.3 is 0 Å². The highest BCUT2D eigenvalue weighted by molar-refractivity contribution is 7.87. The van der Waals surface area contributed by atoms with Gasteiger partial charge in [0.25, 0.3) is 10.1 Å². The Morgan fingerprint density at radius 2 is 1.67 bits per heavy atom. The lowest BCUT2D eigenvalue weighted by molar-refractivity contribution is -0.119. The van der Waals surface area contributed by atoms with Crippen LogP contribution >= 0.6 is 0 Å². The van der Waals surface area contributed by atoms with Crippen LogP contribution in [0.2, 0.25) is 0 Å². The van der Waals surface area contributed by atoms with Crippen LogP contribution in [0.1, 0.15) is 47.5 Å². The second-order valence-electron chi connectivity index (χ2n) is 7.24. The number of hydrogen-bond donors (Lipinski definition) is 0. The summed E-state index contributed by atoms with van der Waals surface area (Å²) in [4.78, 5) is 0. The molecular formula is C14H24O3S. The molecule has 2 bridgehead atoms. The van der Waals surface area contributed by atoms with Crippen molar-refractivity contribution in [2.45, 2.75) is 58.3 Å². The standard InChI is InChI=1S/C14H24O3S/c1-8(2)14(9(3)4)10-6-11-12(7-10)18(15,16)17-13(11,14)5/h8-12H,6-7H2,1-5H3. The first-order chi connectivity index (χ1) is 8.18. The predicted octanol–water partition coefficient (Wildman–Crippen LogP) is 2.81. The van der Waals surface area contributed by atoms with E-state index in [9.17, 15) is 8.42 Å². The summed E-state index contributed by atoms with van der Waals surface area (Å²) in [6, 6.07) is 0. The number of fused-ring (bicyclic) bond motifs is 1.